The molecule has 0 atom stereocenters. The predicted octanol–water partition coefficient (Wildman–Crippen LogP) is 4.95. The summed E-state index contributed by atoms with van der Waals surface area (Å²) in [5, 5.41) is 27.3. The summed E-state index contributed by atoms with van der Waals surface area (Å²) >= 11 is 0. The third-order valence-corrected chi connectivity index (χ3v) is 4.42. The fraction of sp³-hybridized carbons (Fsp3) is 0. The lowest BCUT2D eigenvalue weighted by molar-refractivity contribution is 0.103. The topological polar surface area (TPSA) is 94.8 Å². The van der Waals surface area contributed by atoms with Gasteiger partial charge in [-0.1, -0.05) is 30.3 Å². The average Bonchev–Trinajstić information content (AvgIpc) is 2.81. The summed E-state index contributed by atoms with van der Waals surface area (Å²) in [6.07, 6.45) is 0. The van der Waals surface area contributed by atoms with E-state index < -0.39 is 0 Å². The lowest BCUT2D eigenvalue weighted by Gasteiger charge is -2.01. The van der Waals surface area contributed by atoms with Crippen molar-refractivity contribution in [2.75, 3.05) is 0 Å². The molecular weight excluding hydrogens is 392 g/mol. The van der Waals surface area contributed by atoms with Gasteiger partial charge in [-0.25, -0.2) is 0 Å². The first-order valence-corrected chi connectivity index (χ1v) is 9.45. The summed E-state index contributed by atoms with van der Waals surface area (Å²) in [6, 6.07) is 27.4. The van der Waals surface area contributed by atoms with Gasteiger partial charge in [-0.2, -0.15) is 0 Å². The van der Waals surface area contributed by atoms with Crippen LogP contribution in [-0.2, 0) is 0 Å². The van der Waals surface area contributed by atoms with Crippen LogP contribution in [-0.4, -0.2) is 26.9 Å². The van der Waals surface area contributed by atoms with Crippen molar-refractivity contribution in [2.24, 2.45) is 0 Å². The molecule has 0 heterocycles. The van der Waals surface area contributed by atoms with Gasteiger partial charge in [-0.3, -0.25) is 9.59 Å². The molecule has 0 amide bonds. The van der Waals surface area contributed by atoms with Crippen LogP contribution in [0.3, 0.4) is 0 Å². The molecular formula is C26H20O5. The summed E-state index contributed by atoms with van der Waals surface area (Å²) in [5.41, 5.74) is 2.24. The van der Waals surface area contributed by atoms with Crippen molar-refractivity contribution >= 4 is 11.6 Å². The number of benzene rings is 4. The van der Waals surface area contributed by atoms with Crippen molar-refractivity contribution < 1.29 is 24.9 Å². The summed E-state index contributed by atoms with van der Waals surface area (Å²) in [6.45, 7) is 0. The standard InChI is InChI=1S/C13H10O3.C13H10O2/c14-11-5-1-9(2-6-11)13(16)10-3-7-12(15)8-4-10;14-12-8-6-11(7-9-12)13(15)10-4-2-1-3-5-10/h1-8,14-15H;1-9,14H. The first-order chi connectivity index (χ1) is 14.9. The number of hydrogen-bond acceptors (Lipinski definition) is 5. The third kappa shape index (κ3) is 5.81. The molecule has 4 aromatic rings. The van der Waals surface area contributed by atoms with E-state index in [1.54, 1.807) is 48.5 Å². The number of aromatic hydroxyl groups is 3. The second-order valence-electron chi connectivity index (χ2n) is 6.66. The highest BCUT2D eigenvalue weighted by Gasteiger charge is 2.09. The maximum absolute atomic E-state index is 11.9. The molecule has 31 heavy (non-hydrogen) atoms. The molecule has 5 heteroatoms. The van der Waals surface area contributed by atoms with Crippen LogP contribution < -0.4 is 0 Å². The fourth-order valence-corrected chi connectivity index (χ4v) is 2.76. The van der Waals surface area contributed by atoms with Gasteiger partial charge in [-0.05, 0) is 72.8 Å². The average molecular weight is 412 g/mol. The van der Waals surface area contributed by atoms with Crippen molar-refractivity contribution in [3.8, 4) is 17.2 Å². The van der Waals surface area contributed by atoms with Crippen LogP contribution in [0, 0.1) is 0 Å². The van der Waals surface area contributed by atoms with Gasteiger partial charge in [-0.15, -0.1) is 0 Å². The normalized spacial score (nSPS) is 9.94. The number of rotatable bonds is 4. The third-order valence-electron chi connectivity index (χ3n) is 4.42. The highest BCUT2D eigenvalue weighted by Crippen LogP contribution is 2.16. The molecule has 5 nitrogen and oxygen atoms in total. The molecule has 0 unspecified atom stereocenters. The first kappa shape index (κ1) is 21.3. The monoisotopic (exact) mass is 412 g/mol. The molecule has 0 fully saturated rings. The molecule has 4 aromatic carbocycles. The number of carbonyl (C=O) groups excluding carboxylic acids is 2. The summed E-state index contributed by atoms with van der Waals surface area (Å²) in [5.74, 6) is 0.250. The smallest absolute Gasteiger partial charge is 0.193 e. The van der Waals surface area contributed by atoms with Gasteiger partial charge in [0.05, 0.1) is 0 Å². The van der Waals surface area contributed by atoms with Crippen molar-refractivity contribution in [3.05, 3.63) is 125 Å². The molecule has 4 rings (SSSR count). The van der Waals surface area contributed by atoms with Crippen molar-refractivity contribution in [1.29, 1.82) is 0 Å². The van der Waals surface area contributed by atoms with Crippen LogP contribution in [0.4, 0.5) is 0 Å². The van der Waals surface area contributed by atoms with Crippen LogP contribution in [0.5, 0.6) is 17.2 Å². The highest BCUT2D eigenvalue weighted by atomic mass is 16.3. The van der Waals surface area contributed by atoms with E-state index in [4.69, 9.17) is 15.3 Å². The Hall–Kier alpha value is -4.38. The minimum Gasteiger partial charge on any atom is -0.508 e. The zero-order chi connectivity index (χ0) is 22.2. The largest absolute Gasteiger partial charge is 0.508 e. The van der Waals surface area contributed by atoms with Gasteiger partial charge >= 0.3 is 0 Å². The fourth-order valence-electron chi connectivity index (χ4n) is 2.76. The highest BCUT2D eigenvalue weighted by molar-refractivity contribution is 6.09. The first-order valence-electron chi connectivity index (χ1n) is 9.45. The van der Waals surface area contributed by atoms with Crippen molar-refractivity contribution in [3.63, 3.8) is 0 Å². The number of hydrogen-bond donors (Lipinski definition) is 3. The Balaban J connectivity index is 0.000000176. The van der Waals surface area contributed by atoms with E-state index in [1.807, 2.05) is 18.2 Å². The zero-order valence-electron chi connectivity index (χ0n) is 16.5. The van der Waals surface area contributed by atoms with Crippen LogP contribution in [0.15, 0.2) is 103 Å². The maximum atomic E-state index is 11.9. The molecule has 0 aliphatic rings. The Kier molecular flexibility index (Phi) is 6.81. The van der Waals surface area contributed by atoms with E-state index >= 15 is 0 Å². The minimum atomic E-state index is -0.139. The Morgan fingerprint density at radius 1 is 0.387 bits per heavy atom. The van der Waals surface area contributed by atoms with Crippen LogP contribution in [0.2, 0.25) is 0 Å². The van der Waals surface area contributed by atoms with E-state index in [0.717, 1.165) is 0 Å². The number of phenolic OH excluding ortho intramolecular Hbond substituents is 3. The number of carbonyl (C=O) groups is 2. The van der Waals surface area contributed by atoms with Gasteiger partial charge in [0.25, 0.3) is 0 Å². The molecule has 0 aromatic heterocycles. The number of ketones is 2. The maximum Gasteiger partial charge on any atom is 0.193 e. The molecule has 0 bridgehead atoms. The lowest BCUT2D eigenvalue weighted by atomic mass is 10.0. The molecule has 0 saturated carbocycles. The summed E-state index contributed by atoms with van der Waals surface area (Å²) in [4.78, 5) is 23.8. The van der Waals surface area contributed by atoms with Gasteiger partial charge in [0.1, 0.15) is 17.2 Å². The minimum absolute atomic E-state index is 0.0319. The second kappa shape index (κ2) is 9.89. The Morgan fingerprint density at radius 2 is 0.645 bits per heavy atom. The van der Waals surface area contributed by atoms with E-state index in [-0.39, 0.29) is 28.8 Å². The van der Waals surface area contributed by atoms with Crippen LogP contribution in [0.1, 0.15) is 31.8 Å². The number of phenols is 3. The molecule has 0 spiro atoms. The van der Waals surface area contributed by atoms with Crippen molar-refractivity contribution in [2.45, 2.75) is 0 Å². The van der Waals surface area contributed by atoms with Gasteiger partial charge in [0, 0.05) is 22.3 Å². The van der Waals surface area contributed by atoms with Gasteiger partial charge in [0.15, 0.2) is 11.6 Å². The Labute approximate surface area is 179 Å². The van der Waals surface area contributed by atoms with E-state index in [1.165, 1.54) is 36.4 Å². The lowest BCUT2D eigenvalue weighted by Crippen LogP contribution is -2.00. The predicted molar refractivity (Wildman–Crippen MR) is 118 cm³/mol. The molecule has 0 aliphatic heterocycles. The van der Waals surface area contributed by atoms with Gasteiger partial charge < -0.3 is 15.3 Å². The Morgan fingerprint density at radius 3 is 0.935 bits per heavy atom. The van der Waals surface area contributed by atoms with Crippen LogP contribution in [0.25, 0.3) is 0 Å². The van der Waals surface area contributed by atoms with E-state index in [9.17, 15) is 9.59 Å². The van der Waals surface area contributed by atoms with E-state index in [2.05, 4.69) is 0 Å². The van der Waals surface area contributed by atoms with Crippen molar-refractivity contribution in [1.82, 2.24) is 0 Å². The van der Waals surface area contributed by atoms with E-state index in [0.29, 0.717) is 22.3 Å². The summed E-state index contributed by atoms with van der Waals surface area (Å²) in [7, 11) is 0. The quantitative estimate of drug-likeness (QED) is 0.412. The van der Waals surface area contributed by atoms with Crippen LogP contribution >= 0.6 is 0 Å². The van der Waals surface area contributed by atoms with Gasteiger partial charge in [0.2, 0.25) is 0 Å². The molecule has 0 radical (unpaired) electrons. The Bertz CT molecular complexity index is 1100. The molecule has 3 N–H and O–H groups in total. The summed E-state index contributed by atoms with van der Waals surface area (Å²) < 4.78 is 0. The molecule has 0 aliphatic carbocycles. The second-order valence-corrected chi connectivity index (χ2v) is 6.66. The molecule has 154 valence electrons. The zero-order valence-corrected chi connectivity index (χ0v) is 16.5. The molecule has 0 saturated heterocycles. The SMILES string of the molecule is O=C(c1ccc(O)cc1)c1ccc(O)cc1.O=C(c1ccccc1)c1ccc(O)cc1.